The van der Waals surface area contributed by atoms with Crippen molar-refractivity contribution in [2.24, 2.45) is 0 Å². The number of alkyl halides is 3. The Balaban J connectivity index is 1.50. The van der Waals surface area contributed by atoms with E-state index in [-0.39, 0.29) is 25.5 Å². The highest BCUT2D eigenvalue weighted by Crippen LogP contribution is 2.35. The summed E-state index contributed by atoms with van der Waals surface area (Å²) in [7, 11) is 0. The van der Waals surface area contributed by atoms with E-state index in [1.165, 1.54) is 12.1 Å². The van der Waals surface area contributed by atoms with E-state index >= 15 is 0 Å². The van der Waals surface area contributed by atoms with Crippen LogP contribution in [0.25, 0.3) is 0 Å². The molecule has 0 saturated heterocycles. The van der Waals surface area contributed by atoms with E-state index in [1.807, 2.05) is 0 Å². The SMILES string of the molecule is O=C(NCCOc1ccc2c(c1)OCO2)c1cccc(C(F)(F)F)c1. The number of halogens is 3. The normalized spacial score (nSPS) is 12.8. The van der Waals surface area contributed by atoms with Crippen LogP contribution < -0.4 is 19.5 Å². The minimum Gasteiger partial charge on any atom is -0.492 e. The van der Waals surface area contributed by atoms with Gasteiger partial charge < -0.3 is 19.5 Å². The van der Waals surface area contributed by atoms with Crippen molar-refractivity contribution in [1.82, 2.24) is 5.32 Å². The van der Waals surface area contributed by atoms with Crippen molar-refractivity contribution >= 4 is 5.91 Å². The predicted octanol–water partition coefficient (Wildman–Crippen LogP) is 3.24. The molecule has 2 aromatic carbocycles. The number of amides is 1. The van der Waals surface area contributed by atoms with E-state index in [0.717, 1.165) is 12.1 Å². The average Bonchev–Trinajstić information content (AvgIpc) is 3.05. The molecule has 1 N–H and O–H groups in total. The van der Waals surface area contributed by atoms with Gasteiger partial charge in [-0.15, -0.1) is 0 Å². The molecule has 3 rings (SSSR count). The molecular weight excluding hydrogens is 339 g/mol. The first-order valence-corrected chi connectivity index (χ1v) is 7.41. The fourth-order valence-electron chi connectivity index (χ4n) is 2.24. The van der Waals surface area contributed by atoms with Crippen LogP contribution in [0, 0.1) is 0 Å². The molecule has 1 aliphatic heterocycles. The van der Waals surface area contributed by atoms with Crippen LogP contribution >= 0.6 is 0 Å². The molecule has 0 aliphatic carbocycles. The zero-order valence-electron chi connectivity index (χ0n) is 12.9. The lowest BCUT2D eigenvalue weighted by atomic mass is 10.1. The second-order valence-corrected chi connectivity index (χ2v) is 5.20. The quantitative estimate of drug-likeness (QED) is 0.839. The Kier molecular flexibility index (Phi) is 4.69. The topological polar surface area (TPSA) is 56.8 Å². The smallest absolute Gasteiger partial charge is 0.416 e. The summed E-state index contributed by atoms with van der Waals surface area (Å²) in [6.07, 6.45) is -4.49. The third-order valence-corrected chi connectivity index (χ3v) is 3.45. The summed E-state index contributed by atoms with van der Waals surface area (Å²) >= 11 is 0. The second kappa shape index (κ2) is 6.92. The molecule has 0 fully saturated rings. The molecule has 1 amide bonds. The maximum absolute atomic E-state index is 12.6. The number of hydrogen-bond donors (Lipinski definition) is 1. The fraction of sp³-hybridized carbons (Fsp3) is 0.235. The lowest BCUT2D eigenvalue weighted by Gasteiger charge is -2.10. The van der Waals surface area contributed by atoms with Gasteiger partial charge in [-0.3, -0.25) is 4.79 Å². The third kappa shape index (κ3) is 4.14. The van der Waals surface area contributed by atoms with Gasteiger partial charge in [0.1, 0.15) is 12.4 Å². The summed E-state index contributed by atoms with van der Waals surface area (Å²) in [5.74, 6) is 1.15. The molecule has 0 radical (unpaired) electrons. The molecule has 25 heavy (non-hydrogen) atoms. The fourth-order valence-corrected chi connectivity index (χ4v) is 2.24. The van der Waals surface area contributed by atoms with Crippen LogP contribution in [0.5, 0.6) is 17.2 Å². The van der Waals surface area contributed by atoms with Gasteiger partial charge in [-0.25, -0.2) is 0 Å². The summed E-state index contributed by atoms with van der Waals surface area (Å²) in [4.78, 5) is 11.9. The van der Waals surface area contributed by atoms with Crippen molar-refractivity contribution in [2.45, 2.75) is 6.18 Å². The summed E-state index contributed by atoms with van der Waals surface area (Å²) < 4.78 is 53.8. The van der Waals surface area contributed by atoms with Gasteiger partial charge in [0.15, 0.2) is 11.5 Å². The molecule has 8 heteroatoms. The van der Waals surface area contributed by atoms with Crippen molar-refractivity contribution in [3.05, 3.63) is 53.6 Å². The maximum Gasteiger partial charge on any atom is 0.416 e. The Morgan fingerprint density at radius 2 is 1.92 bits per heavy atom. The van der Waals surface area contributed by atoms with E-state index in [1.54, 1.807) is 18.2 Å². The van der Waals surface area contributed by atoms with E-state index in [9.17, 15) is 18.0 Å². The lowest BCUT2D eigenvalue weighted by Crippen LogP contribution is -2.28. The predicted molar refractivity (Wildman–Crippen MR) is 81.8 cm³/mol. The van der Waals surface area contributed by atoms with Gasteiger partial charge in [0, 0.05) is 11.6 Å². The van der Waals surface area contributed by atoms with Crippen molar-refractivity contribution in [3.8, 4) is 17.2 Å². The Morgan fingerprint density at radius 1 is 1.12 bits per heavy atom. The third-order valence-electron chi connectivity index (χ3n) is 3.45. The number of carbonyl (C=O) groups is 1. The van der Waals surface area contributed by atoms with Gasteiger partial charge in [-0.05, 0) is 30.3 Å². The molecule has 0 bridgehead atoms. The Labute approximate surface area is 141 Å². The summed E-state index contributed by atoms with van der Waals surface area (Å²) in [5, 5.41) is 2.51. The van der Waals surface area contributed by atoms with Gasteiger partial charge in [0.2, 0.25) is 6.79 Å². The number of rotatable bonds is 5. The highest BCUT2D eigenvalue weighted by Gasteiger charge is 2.30. The largest absolute Gasteiger partial charge is 0.492 e. The molecule has 0 spiro atoms. The molecule has 5 nitrogen and oxygen atoms in total. The zero-order valence-corrected chi connectivity index (χ0v) is 12.9. The first kappa shape index (κ1) is 16.9. The summed E-state index contributed by atoms with van der Waals surface area (Å²) in [6.45, 7) is 0.458. The van der Waals surface area contributed by atoms with Crippen LogP contribution in [-0.4, -0.2) is 25.9 Å². The van der Waals surface area contributed by atoms with Gasteiger partial charge in [-0.2, -0.15) is 13.2 Å². The highest BCUT2D eigenvalue weighted by molar-refractivity contribution is 5.94. The number of benzene rings is 2. The van der Waals surface area contributed by atoms with Crippen LogP contribution in [0.3, 0.4) is 0 Å². The lowest BCUT2D eigenvalue weighted by molar-refractivity contribution is -0.137. The van der Waals surface area contributed by atoms with Crippen molar-refractivity contribution in [1.29, 1.82) is 0 Å². The van der Waals surface area contributed by atoms with E-state index < -0.39 is 17.6 Å². The first-order chi connectivity index (χ1) is 11.9. The summed E-state index contributed by atoms with van der Waals surface area (Å²) in [6, 6.07) is 9.32. The van der Waals surface area contributed by atoms with Crippen LogP contribution in [0.2, 0.25) is 0 Å². The van der Waals surface area contributed by atoms with Gasteiger partial charge in [0.25, 0.3) is 5.91 Å². The minimum absolute atomic E-state index is 0.0575. The van der Waals surface area contributed by atoms with Crippen LogP contribution in [0.4, 0.5) is 13.2 Å². The highest BCUT2D eigenvalue weighted by atomic mass is 19.4. The molecule has 1 aliphatic rings. The number of fused-ring (bicyclic) bond motifs is 1. The van der Waals surface area contributed by atoms with E-state index in [0.29, 0.717) is 17.2 Å². The molecule has 0 atom stereocenters. The Morgan fingerprint density at radius 3 is 2.72 bits per heavy atom. The van der Waals surface area contributed by atoms with Gasteiger partial charge in [0.05, 0.1) is 12.1 Å². The number of nitrogens with one attached hydrogen (secondary N) is 1. The average molecular weight is 353 g/mol. The van der Waals surface area contributed by atoms with Crippen molar-refractivity contribution in [2.75, 3.05) is 19.9 Å². The van der Waals surface area contributed by atoms with Crippen LogP contribution in [0.15, 0.2) is 42.5 Å². The molecular formula is C17H14F3NO4. The van der Waals surface area contributed by atoms with Crippen molar-refractivity contribution in [3.63, 3.8) is 0 Å². The first-order valence-electron chi connectivity index (χ1n) is 7.41. The molecule has 1 heterocycles. The Bertz CT molecular complexity index is 777. The molecule has 132 valence electrons. The number of ether oxygens (including phenoxy) is 3. The van der Waals surface area contributed by atoms with Gasteiger partial charge >= 0.3 is 6.18 Å². The van der Waals surface area contributed by atoms with Crippen LogP contribution in [0.1, 0.15) is 15.9 Å². The molecule has 0 unspecified atom stereocenters. The minimum atomic E-state index is -4.49. The Hall–Kier alpha value is -2.90. The van der Waals surface area contributed by atoms with Gasteiger partial charge in [-0.1, -0.05) is 6.07 Å². The van der Waals surface area contributed by atoms with E-state index in [4.69, 9.17) is 14.2 Å². The zero-order chi connectivity index (χ0) is 17.9. The second-order valence-electron chi connectivity index (χ2n) is 5.20. The van der Waals surface area contributed by atoms with Crippen LogP contribution in [-0.2, 0) is 6.18 Å². The molecule has 0 saturated carbocycles. The number of carbonyl (C=O) groups excluding carboxylic acids is 1. The van der Waals surface area contributed by atoms with E-state index in [2.05, 4.69) is 5.32 Å². The monoisotopic (exact) mass is 353 g/mol. The molecule has 2 aromatic rings. The maximum atomic E-state index is 12.6. The standard InChI is InChI=1S/C17H14F3NO4/c18-17(19,20)12-3-1-2-11(8-12)16(22)21-6-7-23-13-4-5-14-15(9-13)25-10-24-14/h1-5,8-9H,6-7,10H2,(H,21,22). The number of hydrogen-bond acceptors (Lipinski definition) is 4. The van der Waals surface area contributed by atoms with Crippen molar-refractivity contribution < 1.29 is 32.2 Å². The summed E-state index contributed by atoms with van der Waals surface area (Å²) in [5.41, 5.74) is -0.922. The molecule has 0 aromatic heterocycles.